The van der Waals surface area contributed by atoms with Crippen molar-refractivity contribution in [1.29, 1.82) is 0 Å². The number of nitrogens with zero attached hydrogens (tertiary/aromatic N) is 3. The van der Waals surface area contributed by atoms with Gasteiger partial charge >= 0.3 is 13.3 Å². The van der Waals surface area contributed by atoms with Crippen molar-refractivity contribution in [2.75, 3.05) is 20.4 Å². The van der Waals surface area contributed by atoms with Gasteiger partial charge in [-0.25, -0.2) is 9.78 Å². The van der Waals surface area contributed by atoms with Gasteiger partial charge < -0.3 is 13.6 Å². The number of aromatic nitrogens is 4. The molecule has 0 bridgehead atoms. The van der Waals surface area contributed by atoms with Crippen LogP contribution in [0.25, 0.3) is 11.2 Å². The molecule has 10 heteroatoms. The molecule has 0 aliphatic heterocycles. The van der Waals surface area contributed by atoms with Crippen LogP contribution in [0.5, 0.6) is 0 Å². The third-order valence-electron chi connectivity index (χ3n) is 3.01. The molecular formula is C10H15N4O5P. The summed E-state index contributed by atoms with van der Waals surface area (Å²) >= 11 is 0. The highest BCUT2D eigenvalue weighted by molar-refractivity contribution is 7.53. The van der Waals surface area contributed by atoms with E-state index in [9.17, 15) is 14.2 Å². The van der Waals surface area contributed by atoms with Crippen molar-refractivity contribution in [2.24, 2.45) is 7.05 Å². The van der Waals surface area contributed by atoms with Crippen LogP contribution in [0, 0.1) is 0 Å². The summed E-state index contributed by atoms with van der Waals surface area (Å²) in [6, 6.07) is 0. The second kappa shape index (κ2) is 5.35. The summed E-state index contributed by atoms with van der Waals surface area (Å²) in [5.41, 5.74) is -0.614. The van der Waals surface area contributed by atoms with E-state index in [1.54, 1.807) is 7.05 Å². The van der Waals surface area contributed by atoms with Crippen LogP contribution in [0.2, 0.25) is 0 Å². The van der Waals surface area contributed by atoms with E-state index in [-0.39, 0.29) is 23.9 Å². The Kier molecular flexibility index (Phi) is 3.94. The molecule has 2 aromatic rings. The molecule has 0 aliphatic carbocycles. The lowest BCUT2D eigenvalue weighted by Crippen LogP contribution is -2.36. The first-order chi connectivity index (χ1) is 9.41. The molecule has 0 unspecified atom stereocenters. The van der Waals surface area contributed by atoms with Crippen LogP contribution in [0.15, 0.2) is 15.9 Å². The molecule has 0 radical (unpaired) electrons. The van der Waals surface area contributed by atoms with E-state index in [1.165, 1.54) is 25.1 Å². The maximum absolute atomic E-state index is 12.2. The van der Waals surface area contributed by atoms with Crippen molar-refractivity contribution in [3.05, 3.63) is 27.2 Å². The van der Waals surface area contributed by atoms with Crippen LogP contribution in [-0.2, 0) is 27.2 Å². The van der Waals surface area contributed by atoms with E-state index in [0.29, 0.717) is 0 Å². The van der Waals surface area contributed by atoms with Crippen LogP contribution in [0.3, 0.4) is 0 Å². The molecule has 9 nitrogen and oxygen atoms in total. The first-order valence-corrected chi connectivity index (χ1v) is 7.49. The van der Waals surface area contributed by atoms with E-state index in [1.807, 2.05) is 0 Å². The number of aryl methyl sites for hydroxylation is 1. The zero-order valence-corrected chi connectivity index (χ0v) is 12.2. The number of rotatable bonds is 5. The van der Waals surface area contributed by atoms with Crippen molar-refractivity contribution in [3.63, 3.8) is 0 Å². The average Bonchev–Trinajstić information content (AvgIpc) is 2.79. The number of aromatic amines is 1. The van der Waals surface area contributed by atoms with Crippen LogP contribution >= 0.6 is 7.60 Å². The Morgan fingerprint density at radius 2 is 2.00 bits per heavy atom. The number of imidazole rings is 1. The summed E-state index contributed by atoms with van der Waals surface area (Å²) in [7, 11) is 0.872. The van der Waals surface area contributed by atoms with Gasteiger partial charge in [-0.1, -0.05) is 0 Å². The van der Waals surface area contributed by atoms with E-state index in [2.05, 4.69) is 9.97 Å². The lowest BCUT2D eigenvalue weighted by atomic mass is 10.5. The van der Waals surface area contributed by atoms with Crippen molar-refractivity contribution in [2.45, 2.75) is 6.54 Å². The molecule has 0 atom stereocenters. The molecule has 0 saturated heterocycles. The Hall–Kier alpha value is -1.70. The minimum atomic E-state index is -3.28. The Bertz CT molecular complexity index is 781. The largest absolute Gasteiger partial charge is 0.331 e. The van der Waals surface area contributed by atoms with Gasteiger partial charge in [0.2, 0.25) is 0 Å². The van der Waals surface area contributed by atoms with Gasteiger partial charge in [-0.05, 0) is 0 Å². The van der Waals surface area contributed by atoms with Crippen LogP contribution in [0.4, 0.5) is 0 Å². The average molecular weight is 302 g/mol. The van der Waals surface area contributed by atoms with E-state index in [4.69, 9.17) is 9.05 Å². The SMILES string of the molecule is COP(=O)(CCn1c(=O)[nH]c2ncn(C)c2c1=O)OC. The summed E-state index contributed by atoms with van der Waals surface area (Å²) in [6.07, 6.45) is 1.36. The molecule has 0 saturated carbocycles. The van der Waals surface area contributed by atoms with Gasteiger partial charge in [0.1, 0.15) is 0 Å². The third kappa shape index (κ3) is 2.47. The quantitative estimate of drug-likeness (QED) is 0.773. The van der Waals surface area contributed by atoms with Crippen LogP contribution < -0.4 is 11.2 Å². The summed E-state index contributed by atoms with van der Waals surface area (Å²) in [5.74, 6) is 0. The Morgan fingerprint density at radius 1 is 1.35 bits per heavy atom. The standard InChI is InChI=1S/C10H15N4O5P/c1-13-6-11-8-7(13)9(15)14(10(16)12-8)4-5-20(17,18-2)19-3/h6H,4-5H2,1-3H3,(H,12,16). The van der Waals surface area contributed by atoms with Crippen molar-refractivity contribution in [3.8, 4) is 0 Å². The maximum atomic E-state index is 12.2. The number of hydrogen-bond donors (Lipinski definition) is 1. The van der Waals surface area contributed by atoms with Crippen LogP contribution in [0.1, 0.15) is 0 Å². The van der Waals surface area contributed by atoms with Crippen molar-refractivity contribution in [1.82, 2.24) is 19.1 Å². The Labute approximate surface area is 113 Å². The molecule has 2 aromatic heterocycles. The van der Waals surface area contributed by atoms with Gasteiger partial charge in [0.25, 0.3) is 5.56 Å². The van der Waals surface area contributed by atoms with Gasteiger partial charge in [0.15, 0.2) is 11.2 Å². The second-order valence-corrected chi connectivity index (χ2v) is 6.54. The fraction of sp³-hybridized carbons (Fsp3) is 0.500. The molecule has 0 aromatic carbocycles. The smallest absolute Gasteiger partial charge is 0.328 e. The molecule has 0 aliphatic rings. The van der Waals surface area contributed by atoms with Crippen molar-refractivity contribution < 1.29 is 13.6 Å². The lowest BCUT2D eigenvalue weighted by Gasteiger charge is -2.13. The predicted octanol–water partition coefficient (Wildman–Crippen LogP) is -0.0908. The molecular weight excluding hydrogens is 287 g/mol. The van der Waals surface area contributed by atoms with E-state index < -0.39 is 18.8 Å². The van der Waals surface area contributed by atoms with Gasteiger partial charge in [0, 0.05) is 27.8 Å². The van der Waals surface area contributed by atoms with Crippen LogP contribution in [-0.4, -0.2) is 39.5 Å². The molecule has 1 N–H and O–H groups in total. The maximum Gasteiger partial charge on any atom is 0.331 e. The van der Waals surface area contributed by atoms with Gasteiger partial charge in [-0.15, -0.1) is 0 Å². The summed E-state index contributed by atoms with van der Waals surface area (Å²) in [4.78, 5) is 30.5. The highest BCUT2D eigenvalue weighted by Crippen LogP contribution is 2.45. The first kappa shape index (κ1) is 14.7. The molecule has 20 heavy (non-hydrogen) atoms. The first-order valence-electron chi connectivity index (χ1n) is 5.76. The van der Waals surface area contributed by atoms with Crippen molar-refractivity contribution >= 4 is 18.8 Å². The molecule has 110 valence electrons. The minimum absolute atomic E-state index is 0.0752. The highest BCUT2D eigenvalue weighted by Gasteiger charge is 2.22. The van der Waals surface area contributed by atoms with E-state index >= 15 is 0 Å². The summed E-state index contributed by atoms with van der Waals surface area (Å²) in [6.45, 7) is -0.0752. The molecule has 2 rings (SSSR count). The Morgan fingerprint density at radius 3 is 2.60 bits per heavy atom. The van der Waals surface area contributed by atoms with E-state index in [0.717, 1.165) is 4.57 Å². The summed E-state index contributed by atoms with van der Waals surface area (Å²) < 4.78 is 23.9. The molecule has 2 heterocycles. The Balaban J connectivity index is 2.45. The monoisotopic (exact) mass is 302 g/mol. The lowest BCUT2D eigenvalue weighted by molar-refractivity contribution is 0.274. The van der Waals surface area contributed by atoms with Gasteiger partial charge in [-0.2, -0.15) is 0 Å². The van der Waals surface area contributed by atoms with Gasteiger partial charge in [-0.3, -0.25) is 18.9 Å². The van der Waals surface area contributed by atoms with Gasteiger partial charge in [0.05, 0.1) is 12.5 Å². The molecule has 0 fully saturated rings. The normalized spacial score (nSPS) is 12.2. The fourth-order valence-electron chi connectivity index (χ4n) is 1.85. The topological polar surface area (TPSA) is 108 Å². The molecule has 0 amide bonds. The number of hydrogen-bond acceptors (Lipinski definition) is 6. The summed E-state index contributed by atoms with van der Waals surface area (Å²) in [5, 5.41) is 0. The highest BCUT2D eigenvalue weighted by atomic mass is 31.2. The minimum Gasteiger partial charge on any atom is -0.328 e. The predicted molar refractivity (Wildman–Crippen MR) is 72.1 cm³/mol. The fourth-order valence-corrected chi connectivity index (χ4v) is 2.80. The zero-order chi connectivity index (χ0) is 14.9. The number of H-pyrrole nitrogens is 1. The molecule has 0 spiro atoms. The zero-order valence-electron chi connectivity index (χ0n) is 11.3. The second-order valence-electron chi connectivity index (χ2n) is 4.14. The third-order valence-corrected chi connectivity index (χ3v) is 4.87. The number of fused-ring (bicyclic) bond motifs is 1. The number of nitrogens with one attached hydrogen (secondary N) is 1.